The minimum Gasteiger partial charge on any atom is -0.361 e. The fourth-order valence-corrected chi connectivity index (χ4v) is 4.13. The largest absolute Gasteiger partial charge is 0.361 e. The molecule has 6 heteroatoms. The Kier molecular flexibility index (Phi) is 6.09. The van der Waals surface area contributed by atoms with E-state index in [2.05, 4.69) is 51.1 Å². The number of benzene rings is 3. The van der Waals surface area contributed by atoms with Crippen molar-refractivity contribution in [1.82, 2.24) is 10.3 Å². The summed E-state index contributed by atoms with van der Waals surface area (Å²) >= 11 is 2.29. The number of H-pyrrole nitrogens is 1. The van der Waals surface area contributed by atoms with E-state index in [1.807, 2.05) is 18.3 Å². The first-order valence-corrected chi connectivity index (χ1v) is 11.0. The molecule has 0 aliphatic heterocycles. The molecule has 4 aromatic rings. The molecule has 3 aromatic carbocycles. The third-order valence-corrected chi connectivity index (χ3v) is 5.95. The van der Waals surface area contributed by atoms with E-state index in [9.17, 15) is 13.6 Å². The van der Waals surface area contributed by atoms with E-state index in [4.69, 9.17) is 0 Å². The molecule has 0 unspecified atom stereocenters. The molecule has 31 heavy (non-hydrogen) atoms. The monoisotopic (exact) mass is 530 g/mol. The summed E-state index contributed by atoms with van der Waals surface area (Å²) < 4.78 is 28.2. The fraction of sp³-hybridized carbons (Fsp3) is 0.160. The Balaban J connectivity index is 1.48. The first-order chi connectivity index (χ1) is 14.8. The molecule has 0 atom stereocenters. The van der Waals surface area contributed by atoms with Crippen molar-refractivity contribution in [2.24, 2.45) is 0 Å². The first kappa shape index (κ1) is 21.5. The average Bonchev–Trinajstić information content (AvgIpc) is 3.15. The highest BCUT2D eigenvalue weighted by Gasteiger charge is 2.24. The second-order valence-corrected chi connectivity index (χ2v) is 8.77. The quantitative estimate of drug-likeness (QED) is 0.274. The van der Waals surface area contributed by atoms with E-state index in [1.165, 1.54) is 12.1 Å². The highest BCUT2D eigenvalue weighted by atomic mass is 127. The highest BCUT2D eigenvalue weighted by molar-refractivity contribution is 14.1. The number of hydrogen-bond acceptors (Lipinski definition) is 1. The zero-order valence-corrected chi connectivity index (χ0v) is 19.0. The SMILES string of the molecule is CC(F)(F)c1ccc(-c2ccccc2C(=O)NCCc2c[nH]c3ccc(I)cc23)cc1. The Morgan fingerprint density at radius 2 is 1.81 bits per heavy atom. The summed E-state index contributed by atoms with van der Waals surface area (Å²) in [4.78, 5) is 16.1. The number of halogens is 3. The molecule has 158 valence electrons. The lowest BCUT2D eigenvalue weighted by Gasteiger charge is -2.13. The van der Waals surface area contributed by atoms with E-state index in [1.54, 1.807) is 24.3 Å². The smallest absolute Gasteiger partial charge is 0.270 e. The Labute approximate surface area is 193 Å². The van der Waals surface area contributed by atoms with Gasteiger partial charge in [-0.05, 0) is 70.0 Å². The van der Waals surface area contributed by atoms with Crippen LogP contribution >= 0.6 is 22.6 Å². The van der Waals surface area contributed by atoms with Crippen molar-refractivity contribution in [3.8, 4) is 11.1 Å². The molecule has 1 heterocycles. The van der Waals surface area contributed by atoms with Gasteiger partial charge in [0.2, 0.25) is 0 Å². The van der Waals surface area contributed by atoms with Gasteiger partial charge in [-0.25, -0.2) is 8.78 Å². The zero-order valence-electron chi connectivity index (χ0n) is 16.9. The van der Waals surface area contributed by atoms with Gasteiger partial charge in [-0.1, -0.05) is 42.5 Å². The number of rotatable bonds is 6. The van der Waals surface area contributed by atoms with E-state index >= 15 is 0 Å². The third-order valence-electron chi connectivity index (χ3n) is 5.28. The van der Waals surface area contributed by atoms with Gasteiger partial charge < -0.3 is 10.3 Å². The van der Waals surface area contributed by atoms with Crippen molar-refractivity contribution in [2.45, 2.75) is 19.3 Å². The molecule has 0 saturated carbocycles. The lowest BCUT2D eigenvalue weighted by atomic mass is 9.97. The summed E-state index contributed by atoms with van der Waals surface area (Å²) in [6.07, 6.45) is 2.68. The topological polar surface area (TPSA) is 44.9 Å². The summed E-state index contributed by atoms with van der Waals surface area (Å²) in [6.45, 7) is 1.37. The van der Waals surface area contributed by atoms with Gasteiger partial charge in [-0.2, -0.15) is 0 Å². The van der Waals surface area contributed by atoms with Gasteiger partial charge in [-0.15, -0.1) is 0 Å². The molecule has 0 aliphatic rings. The van der Waals surface area contributed by atoms with Gasteiger partial charge in [0, 0.05) is 45.3 Å². The maximum Gasteiger partial charge on any atom is 0.270 e. The van der Waals surface area contributed by atoms with E-state index in [0.29, 0.717) is 24.1 Å². The summed E-state index contributed by atoms with van der Waals surface area (Å²) in [5.41, 5.74) is 4.14. The second kappa shape index (κ2) is 8.78. The summed E-state index contributed by atoms with van der Waals surface area (Å²) in [6, 6.07) is 19.5. The van der Waals surface area contributed by atoms with Crippen LogP contribution in [0.15, 0.2) is 72.9 Å². The fourth-order valence-electron chi connectivity index (χ4n) is 3.64. The number of aromatic amines is 1. The number of alkyl halides is 2. The lowest BCUT2D eigenvalue weighted by Crippen LogP contribution is -2.26. The highest BCUT2D eigenvalue weighted by Crippen LogP contribution is 2.30. The number of aromatic nitrogens is 1. The van der Waals surface area contributed by atoms with Gasteiger partial charge in [0.25, 0.3) is 11.8 Å². The maximum absolute atomic E-state index is 13.5. The van der Waals surface area contributed by atoms with E-state index < -0.39 is 5.92 Å². The van der Waals surface area contributed by atoms with Crippen molar-refractivity contribution in [3.05, 3.63) is 93.2 Å². The molecule has 0 saturated heterocycles. The Morgan fingerprint density at radius 3 is 2.55 bits per heavy atom. The molecule has 0 spiro atoms. The normalized spacial score (nSPS) is 11.6. The van der Waals surface area contributed by atoms with Crippen LogP contribution in [0.25, 0.3) is 22.0 Å². The van der Waals surface area contributed by atoms with Crippen LogP contribution in [-0.4, -0.2) is 17.4 Å². The molecule has 0 fully saturated rings. The van der Waals surface area contributed by atoms with Crippen LogP contribution in [0.5, 0.6) is 0 Å². The van der Waals surface area contributed by atoms with Crippen LogP contribution in [-0.2, 0) is 12.3 Å². The van der Waals surface area contributed by atoms with E-state index in [0.717, 1.165) is 32.5 Å². The Morgan fingerprint density at radius 1 is 1.06 bits per heavy atom. The molecule has 2 N–H and O–H groups in total. The van der Waals surface area contributed by atoms with Crippen LogP contribution in [0.4, 0.5) is 8.78 Å². The lowest BCUT2D eigenvalue weighted by molar-refractivity contribution is 0.0175. The van der Waals surface area contributed by atoms with E-state index in [-0.39, 0.29) is 11.5 Å². The minimum absolute atomic E-state index is 0.0495. The van der Waals surface area contributed by atoms with Gasteiger partial charge in [0.05, 0.1) is 0 Å². The number of fused-ring (bicyclic) bond motifs is 1. The standard InChI is InChI=1S/C25H21F2IN2O/c1-25(26,27)18-8-6-16(7-9-18)20-4-2-3-5-21(20)24(31)29-13-12-17-15-30-23-11-10-19(28)14-22(17)23/h2-11,14-15,30H,12-13H2,1H3,(H,29,31). The minimum atomic E-state index is -2.89. The number of carbonyl (C=O) groups excluding carboxylic acids is 1. The number of nitrogens with one attached hydrogen (secondary N) is 2. The molecule has 1 aromatic heterocycles. The van der Waals surface area contributed by atoms with Crippen LogP contribution in [0, 0.1) is 3.57 Å². The van der Waals surface area contributed by atoms with Crippen LogP contribution in [0.2, 0.25) is 0 Å². The zero-order chi connectivity index (χ0) is 22.0. The van der Waals surface area contributed by atoms with Crippen molar-refractivity contribution >= 4 is 39.4 Å². The Bertz CT molecular complexity index is 1230. The van der Waals surface area contributed by atoms with Crippen LogP contribution in [0.1, 0.15) is 28.4 Å². The second-order valence-electron chi connectivity index (χ2n) is 7.52. The number of hydrogen-bond donors (Lipinski definition) is 2. The van der Waals surface area contributed by atoms with Crippen LogP contribution < -0.4 is 5.32 Å². The predicted molar refractivity (Wildman–Crippen MR) is 128 cm³/mol. The number of amides is 1. The van der Waals surface area contributed by atoms with Gasteiger partial charge in [-0.3, -0.25) is 4.79 Å². The summed E-state index contributed by atoms with van der Waals surface area (Å²) in [5, 5.41) is 4.15. The van der Waals surface area contributed by atoms with Crippen molar-refractivity contribution in [3.63, 3.8) is 0 Å². The molecule has 1 amide bonds. The predicted octanol–water partition coefficient (Wildman–Crippen LogP) is 6.52. The van der Waals surface area contributed by atoms with Crippen LogP contribution in [0.3, 0.4) is 0 Å². The van der Waals surface area contributed by atoms with Gasteiger partial charge >= 0.3 is 0 Å². The molecule has 0 bridgehead atoms. The number of carbonyl (C=O) groups is 1. The third kappa shape index (κ3) is 4.79. The van der Waals surface area contributed by atoms with Gasteiger partial charge in [0.15, 0.2) is 0 Å². The maximum atomic E-state index is 13.5. The molecule has 4 rings (SSSR count). The molecular weight excluding hydrogens is 509 g/mol. The molecule has 0 aliphatic carbocycles. The molecule has 3 nitrogen and oxygen atoms in total. The van der Waals surface area contributed by atoms with Crippen molar-refractivity contribution in [1.29, 1.82) is 0 Å². The Hall–Kier alpha value is -2.74. The summed E-state index contributed by atoms with van der Waals surface area (Å²) in [7, 11) is 0. The summed E-state index contributed by atoms with van der Waals surface area (Å²) in [5.74, 6) is -3.08. The first-order valence-electron chi connectivity index (χ1n) is 9.94. The molecule has 0 radical (unpaired) electrons. The van der Waals surface area contributed by atoms with Crippen molar-refractivity contribution < 1.29 is 13.6 Å². The van der Waals surface area contributed by atoms with Gasteiger partial charge in [0.1, 0.15) is 0 Å². The van der Waals surface area contributed by atoms with Crippen molar-refractivity contribution in [2.75, 3.05) is 6.54 Å². The molecular formula is C25H21F2IN2O. The average molecular weight is 530 g/mol.